The fraction of sp³-hybridized carbons (Fsp3) is 0.611. The monoisotopic (exact) mass is 428 g/mol. The number of hydrogen-bond donors (Lipinski definition) is 1. The number of carbonyl (C=O) groups excluding carboxylic acids is 1. The summed E-state index contributed by atoms with van der Waals surface area (Å²) < 4.78 is 11.3. The molecule has 144 valence electrons. The Kier molecular flexibility index (Phi) is 6.16. The molecule has 7 nitrogen and oxygen atoms in total. The first-order valence-corrected chi connectivity index (χ1v) is 9.26. The van der Waals surface area contributed by atoms with E-state index in [-0.39, 0.29) is 6.42 Å². The van der Waals surface area contributed by atoms with Gasteiger partial charge in [0.05, 0.1) is 18.2 Å². The summed E-state index contributed by atoms with van der Waals surface area (Å²) in [4.78, 5) is 30.2. The van der Waals surface area contributed by atoms with Crippen LogP contribution in [0.25, 0.3) is 0 Å². The topological polar surface area (TPSA) is 89.0 Å². The van der Waals surface area contributed by atoms with Gasteiger partial charge in [0.2, 0.25) is 5.88 Å². The van der Waals surface area contributed by atoms with Gasteiger partial charge in [-0.2, -0.15) is 0 Å². The van der Waals surface area contributed by atoms with Crippen molar-refractivity contribution in [1.29, 1.82) is 0 Å². The van der Waals surface area contributed by atoms with Crippen molar-refractivity contribution in [2.45, 2.75) is 45.6 Å². The molecule has 1 amide bonds. The van der Waals surface area contributed by atoms with Crippen LogP contribution in [0.1, 0.15) is 39.3 Å². The number of likely N-dealkylation sites (tertiary alicyclic amines) is 1. The Morgan fingerprint density at radius 3 is 2.42 bits per heavy atom. The Labute approximate surface area is 161 Å². The number of carboxylic acid groups (broad SMARTS) is 1. The van der Waals surface area contributed by atoms with E-state index < -0.39 is 23.1 Å². The highest BCUT2D eigenvalue weighted by molar-refractivity contribution is 9.10. The molecule has 1 fully saturated rings. The van der Waals surface area contributed by atoms with E-state index in [1.54, 1.807) is 17.0 Å². The fourth-order valence-electron chi connectivity index (χ4n) is 2.93. The number of rotatable bonds is 4. The van der Waals surface area contributed by atoms with E-state index in [9.17, 15) is 14.7 Å². The molecule has 0 spiro atoms. The highest BCUT2D eigenvalue weighted by atomic mass is 79.9. The molecule has 8 heteroatoms. The van der Waals surface area contributed by atoms with Crippen molar-refractivity contribution in [3.8, 4) is 5.88 Å². The predicted octanol–water partition coefficient (Wildman–Crippen LogP) is 3.50. The average molecular weight is 429 g/mol. The Bertz CT molecular complexity index is 679. The normalized spacial score (nSPS) is 16.9. The van der Waals surface area contributed by atoms with E-state index >= 15 is 0 Å². The molecule has 1 aliphatic heterocycles. The predicted molar refractivity (Wildman–Crippen MR) is 99.3 cm³/mol. The zero-order valence-electron chi connectivity index (χ0n) is 15.5. The number of halogens is 1. The van der Waals surface area contributed by atoms with Gasteiger partial charge in [-0.1, -0.05) is 0 Å². The lowest BCUT2D eigenvalue weighted by molar-refractivity contribution is -0.152. The van der Waals surface area contributed by atoms with E-state index in [0.717, 1.165) is 4.47 Å². The largest absolute Gasteiger partial charge is 0.481 e. The summed E-state index contributed by atoms with van der Waals surface area (Å²) in [6.07, 6.45) is 0.541. The Morgan fingerprint density at radius 2 is 1.92 bits per heavy atom. The van der Waals surface area contributed by atoms with Gasteiger partial charge in [0.15, 0.2) is 0 Å². The molecule has 2 heterocycles. The Morgan fingerprint density at radius 1 is 1.31 bits per heavy atom. The van der Waals surface area contributed by atoms with Crippen molar-refractivity contribution in [3.63, 3.8) is 0 Å². The maximum absolute atomic E-state index is 12.2. The van der Waals surface area contributed by atoms with Crippen molar-refractivity contribution < 1.29 is 24.2 Å². The molecule has 1 N–H and O–H groups in total. The summed E-state index contributed by atoms with van der Waals surface area (Å²) in [5.41, 5.74) is -0.911. The first-order chi connectivity index (χ1) is 12.1. The summed E-state index contributed by atoms with van der Waals surface area (Å²) in [7, 11) is 1.52. The second kappa shape index (κ2) is 7.82. The molecule has 0 saturated carbocycles. The van der Waals surface area contributed by atoms with Crippen LogP contribution in [-0.4, -0.2) is 52.9 Å². The standard InChI is InChI=1S/C18H25BrN2O5/c1-17(2,3)26-16(24)21-9-7-18(8-10-21,15(22)23)11-13-12(19)5-6-14(20-13)25-4/h5-6H,7-11H2,1-4H3,(H,22,23). The molecular weight excluding hydrogens is 404 g/mol. The van der Waals surface area contributed by atoms with Crippen LogP contribution in [0.4, 0.5) is 4.79 Å². The molecule has 0 radical (unpaired) electrons. The van der Waals surface area contributed by atoms with Crippen LogP contribution in [0.3, 0.4) is 0 Å². The molecule has 1 aromatic heterocycles. The van der Waals surface area contributed by atoms with Gasteiger partial charge in [-0.3, -0.25) is 4.79 Å². The maximum Gasteiger partial charge on any atom is 0.410 e. The van der Waals surface area contributed by atoms with E-state index in [1.807, 2.05) is 20.8 Å². The summed E-state index contributed by atoms with van der Waals surface area (Å²) in [6, 6.07) is 3.51. The molecule has 1 aliphatic rings. The molecule has 0 bridgehead atoms. The molecule has 0 unspecified atom stereocenters. The molecule has 0 atom stereocenters. The molecule has 1 aromatic rings. The number of nitrogens with zero attached hydrogens (tertiary/aromatic N) is 2. The number of hydrogen-bond acceptors (Lipinski definition) is 5. The van der Waals surface area contributed by atoms with Crippen LogP contribution < -0.4 is 4.74 Å². The van der Waals surface area contributed by atoms with Crippen molar-refractivity contribution in [2.75, 3.05) is 20.2 Å². The van der Waals surface area contributed by atoms with Gasteiger partial charge in [0.1, 0.15) is 5.60 Å². The zero-order chi connectivity index (χ0) is 19.5. The highest BCUT2D eigenvalue weighted by Gasteiger charge is 2.44. The van der Waals surface area contributed by atoms with E-state index in [4.69, 9.17) is 9.47 Å². The summed E-state index contributed by atoms with van der Waals surface area (Å²) in [5, 5.41) is 9.87. The summed E-state index contributed by atoms with van der Waals surface area (Å²) in [6.45, 7) is 6.10. The van der Waals surface area contributed by atoms with Crippen LogP contribution in [0, 0.1) is 5.41 Å². The average Bonchev–Trinajstić information content (AvgIpc) is 2.55. The quantitative estimate of drug-likeness (QED) is 0.788. The summed E-state index contributed by atoms with van der Waals surface area (Å²) in [5.74, 6) is -0.437. The lowest BCUT2D eigenvalue weighted by Gasteiger charge is -2.39. The SMILES string of the molecule is COc1ccc(Br)c(CC2(C(=O)O)CCN(C(=O)OC(C)(C)C)CC2)n1. The van der Waals surface area contributed by atoms with Gasteiger partial charge < -0.3 is 19.5 Å². The van der Waals surface area contributed by atoms with Crippen LogP contribution in [0.2, 0.25) is 0 Å². The number of pyridine rings is 1. The number of aliphatic carboxylic acids is 1. The minimum absolute atomic E-state index is 0.266. The Balaban J connectivity index is 2.14. The van der Waals surface area contributed by atoms with Crippen LogP contribution in [-0.2, 0) is 16.0 Å². The van der Waals surface area contributed by atoms with Gasteiger partial charge >= 0.3 is 12.1 Å². The van der Waals surface area contributed by atoms with Crippen LogP contribution in [0.5, 0.6) is 5.88 Å². The second-order valence-electron chi connectivity index (χ2n) is 7.51. The number of aromatic nitrogens is 1. The van der Waals surface area contributed by atoms with Crippen molar-refractivity contribution in [3.05, 3.63) is 22.3 Å². The third-order valence-electron chi connectivity index (χ3n) is 4.43. The van der Waals surface area contributed by atoms with Crippen molar-refractivity contribution in [1.82, 2.24) is 9.88 Å². The van der Waals surface area contributed by atoms with Crippen molar-refractivity contribution >= 4 is 28.0 Å². The number of piperidine rings is 1. The first-order valence-electron chi connectivity index (χ1n) is 8.47. The molecule has 1 saturated heterocycles. The fourth-order valence-corrected chi connectivity index (χ4v) is 3.29. The number of amides is 1. The van der Waals surface area contributed by atoms with Gasteiger partial charge in [-0.05, 0) is 55.6 Å². The third kappa shape index (κ3) is 4.87. The van der Waals surface area contributed by atoms with Crippen LogP contribution in [0.15, 0.2) is 16.6 Å². The molecule has 2 rings (SSSR count). The second-order valence-corrected chi connectivity index (χ2v) is 8.37. The molecule has 26 heavy (non-hydrogen) atoms. The lowest BCUT2D eigenvalue weighted by atomic mass is 9.75. The van der Waals surface area contributed by atoms with Crippen LogP contribution >= 0.6 is 15.9 Å². The smallest absolute Gasteiger partial charge is 0.410 e. The highest BCUT2D eigenvalue weighted by Crippen LogP contribution is 2.37. The van der Waals surface area contributed by atoms with Gasteiger partial charge in [0.25, 0.3) is 0 Å². The number of carbonyl (C=O) groups is 2. The first kappa shape index (κ1) is 20.5. The third-order valence-corrected chi connectivity index (χ3v) is 5.16. The molecule has 0 aromatic carbocycles. The minimum atomic E-state index is -0.972. The number of methoxy groups -OCH3 is 1. The molecular formula is C18H25BrN2O5. The van der Waals surface area contributed by atoms with Gasteiger partial charge in [-0.15, -0.1) is 0 Å². The maximum atomic E-state index is 12.2. The van der Waals surface area contributed by atoms with Gasteiger partial charge in [-0.25, -0.2) is 9.78 Å². The minimum Gasteiger partial charge on any atom is -0.481 e. The zero-order valence-corrected chi connectivity index (χ0v) is 17.1. The summed E-state index contributed by atoms with van der Waals surface area (Å²) >= 11 is 3.43. The lowest BCUT2D eigenvalue weighted by Crippen LogP contribution is -2.48. The van der Waals surface area contributed by atoms with Crippen molar-refractivity contribution in [2.24, 2.45) is 5.41 Å². The van der Waals surface area contributed by atoms with E-state index in [1.165, 1.54) is 7.11 Å². The number of ether oxygens (including phenoxy) is 2. The van der Waals surface area contributed by atoms with E-state index in [0.29, 0.717) is 37.5 Å². The van der Waals surface area contributed by atoms with E-state index in [2.05, 4.69) is 20.9 Å². The molecule has 0 aliphatic carbocycles. The Hall–Kier alpha value is -1.83. The van der Waals surface area contributed by atoms with Gasteiger partial charge in [0, 0.05) is 30.0 Å². The number of carboxylic acids is 1.